The third-order valence-corrected chi connectivity index (χ3v) is 4.07. The Morgan fingerprint density at radius 3 is 1.24 bits per heavy atom. The first-order valence-electron chi connectivity index (χ1n) is 7.87. The van der Waals surface area contributed by atoms with Crippen molar-refractivity contribution in [2.75, 3.05) is 0 Å². The van der Waals surface area contributed by atoms with Crippen molar-refractivity contribution in [3.05, 3.63) is 17.5 Å². The lowest BCUT2D eigenvalue weighted by Crippen LogP contribution is -2.64. The van der Waals surface area contributed by atoms with Crippen LogP contribution in [0.4, 0.5) is 92.2 Å². The summed E-state index contributed by atoms with van der Waals surface area (Å²) >= 11 is 0. The summed E-state index contributed by atoms with van der Waals surface area (Å²) in [6, 6.07) is -1.83. The first-order chi connectivity index (χ1) is 15.7. The molecule has 0 unspecified atom stereocenters. The molecule has 1 rings (SSSR count). The van der Waals surface area contributed by atoms with E-state index in [4.69, 9.17) is 0 Å². The molecule has 0 atom stereocenters. The molecule has 0 bridgehead atoms. The zero-order valence-electron chi connectivity index (χ0n) is 15.8. The molecule has 0 aliphatic heterocycles. The minimum atomic E-state index is -8.06. The van der Waals surface area contributed by atoms with Crippen LogP contribution < -0.4 is 0 Å². The molecule has 0 saturated carbocycles. The van der Waals surface area contributed by atoms with Crippen LogP contribution in [-0.2, 0) is 12.1 Å². The van der Waals surface area contributed by atoms with Crippen LogP contribution >= 0.6 is 0 Å². The van der Waals surface area contributed by atoms with Gasteiger partial charge >= 0.3 is 60.0 Å². The van der Waals surface area contributed by atoms with Crippen molar-refractivity contribution < 1.29 is 97.0 Å². The van der Waals surface area contributed by atoms with E-state index in [1.165, 1.54) is 5.10 Å². The van der Waals surface area contributed by atoms with Gasteiger partial charge in [0.25, 0.3) is 0 Å². The molecule has 24 heteroatoms. The summed E-state index contributed by atoms with van der Waals surface area (Å²) in [5.41, 5.74) is -7.46. The van der Waals surface area contributed by atoms with Crippen molar-refractivity contribution in [1.82, 2.24) is 9.78 Å². The normalized spacial score (nSPS) is 15.8. The topological polar surface area (TPSA) is 34.9 Å². The zero-order chi connectivity index (χ0) is 30.2. The summed E-state index contributed by atoms with van der Waals surface area (Å²) in [6.45, 7) is 0. The summed E-state index contributed by atoms with van der Waals surface area (Å²) in [5.74, 6) is -51.4. The number of carbonyl (C=O) groups is 1. The molecule has 216 valence electrons. The molecule has 0 aromatic carbocycles. The van der Waals surface area contributed by atoms with Gasteiger partial charge < -0.3 is 0 Å². The quantitative estimate of drug-likeness (QED) is 0.332. The molecular weight excluding hydrogens is 599 g/mol. The summed E-state index contributed by atoms with van der Waals surface area (Å²) in [5, 5.41) is 1.21. The SMILES string of the molecule is O=C(n1nc(C(F)(F)C(F)(F)C(F)(F)C(F)(F)F)cc1C(F)(F)F)C(F)(F)C(F)(F)C(F)(F)C(F)(F)F. The molecule has 37 heavy (non-hydrogen) atoms. The number of rotatable bonds is 6. The Hall–Kier alpha value is -2.59. The molecule has 1 aromatic rings. The predicted octanol–water partition coefficient (Wildman–Crippen LogP) is 6.94. The molecule has 0 aliphatic rings. The van der Waals surface area contributed by atoms with E-state index in [9.17, 15) is 97.0 Å². The van der Waals surface area contributed by atoms with Gasteiger partial charge in [0.15, 0.2) is 5.69 Å². The molecule has 0 N–H and O–H groups in total. The minimum Gasteiger partial charge on any atom is -0.265 e. The lowest BCUT2D eigenvalue weighted by molar-refractivity contribution is -0.400. The lowest BCUT2D eigenvalue weighted by Gasteiger charge is -2.33. The molecule has 0 radical (unpaired) electrons. The monoisotopic (exact) mass is 600 g/mol. The van der Waals surface area contributed by atoms with Crippen LogP contribution in [0.1, 0.15) is 16.2 Å². The van der Waals surface area contributed by atoms with Gasteiger partial charge in [-0.05, 0) is 6.07 Å². The second-order valence-electron chi connectivity index (χ2n) is 6.57. The third kappa shape index (κ3) is 4.52. The van der Waals surface area contributed by atoms with E-state index >= 15 is 0 Å². The predicted molar refractivity (Wildman–Crippen MR) is 68.6 cm³/mol. The van der Waals surface area contributed by atoms with Crippen molar-refractivity contribution in [2.45, 2.75) is 54.1 Å². The van der Waals surface area contributed by atoms with Crippen LogP contribution in [0.2, 0.25) is 0 Å². The van der Waals surface area contributed by atoms with Gasteiger partial charge in [-0.15, -0.1) is 0 Å². The average Bonchev–Trinajstić information content (AvgIpc) is 3.11. The van der Waals surface area contributed by atoms with Gasteiger partial charge in [0.1, 0.15) is 5.69 Å². The average molecular weight is 600 g/mol. The van der Waals surface area contributed by atoms with E-state index in [1.807, 2.05) is 0 Å². The molecule has 0 fully saturated rings. The van der Waals surface area contributed by atoms with Gasteiger partial charge in [0, 0.05) is 0 Å². The molecule has 0 amide bonds. The molecule has 3 nitrogen and oxygen atoms in total. The molecule has 0 aliphatic carbocycles. The van der Waals surface area contributed by atoms with E-state index in [0.717, 1.165) is 0 Å². The Morgan fingerprint density at radius 1 is 0.568 bits per heavy atom. The standard InChI is InChI=1S/C13HF21N2O/c14-5(15,8(21,22)10(25,26)12(29,30)31)2-1-3(7(18,19)20)36(35-2)4(37)6(16,17)9(23,24)11(27,28)13(32,33)34/h1H. The van der Waals surface area contributed by atoms with E-state index in [0.29, 0.717) is 0 Å². The maximum Gasteiger partial charge on any atom is 0.460 e. The molecule has 1 heterocycles. The summed E-state index contributed by atoms with van der Waals surface area (Å²) < 4.78 is 268. The largest absolute Gasteiger partial charge is 0.460 e. The highest BCUT2D eigenvalue weighted by Crippen LogP contribution is 2.57. The van der Waals surface area contributed by atoms with Crippen LogP contribution in [0.25, 0.3) is 0 Å². The number of aromatic nitrogens is 2. The Morgan fingerprint density at radius 2 is 0.919 bits per heavy atom. The minimum absolute atomic E-state index is 1.21. The van der Waals surface area contributed by atoms with Gasteiger partial charge in [-0.25, -0.2) is 0 Å². The lowest BCUT2D eigenvalue weighted by atomic mass is 10.0. The highest BCUT2D eigenvalue weighted by atomic mass is 19.4. The van der Waals surface area contributed by atoms with Crippen molar-refractivity contribution in [3.63, 3.8) is 0 Å². The number of nitrogens with zero attached hydrogens (tertiary/aromatic N) is 2. The Labute approximate surface area is 185 Å². The van der Waals surface area contributed by atoms with Gasteiger partial charge in [0.05, 0.1) is 0 Å². The molecule has 1 aromatic heterocycles. The fourth-order valence-electron chi connectivity index (χ4n) is 2.07. The van der Waals surface area contributed by atoms with Gasteiger partial charge in [-0.2, -0.15) is 102 Å². The Bertz CT molecular complexity index is 1020. The summed E-state index contributed by atoms with van der Waals surface area (Å²) in [6.07, 6.45) is -22.0. The molecular formula is C13HF21N2O. The zero-order valence-corrected chi connectivity index (χ0v) is 15.8. The van der Waals surface area contributed by atoms with Gasteiger partial charge in [0.2, 0.25) is 0 Å². The highest BCUT2D eigenvalue weighted by molar-refractivity contribution is 5.87. The van der Waals surface area contributed by atoms with E-state index in [1.54, 1.807) is 0 Å². The fraction of sp³-hybridized carbons (Fsp3) is 0.692. The van der Waals surface area contributed by atoms with Crippen LogP contribution in [0.3, 0.4) is 0 Å². The maximum absolute atomic E-state index is 13.8. The molecule has 0 saturated heterocycles. The fourth-order valence-corrected chi connectivity index (χ4v) is 2.07. The maximum atomic E-state index is 13.8. The number of halogens is 21. The van der Waals surface area contributed by atoms with Crippen molar-refractivity contribution in [1.29, 1.82) is 0 Å². The van der Waals surface area contributed by atoms with Crippen molar-refractivity contribution in [3.8, 4) is 0 Å². The first kappa shape index (κ1) is 32.4. The van der Waals surface area contributed by atoms with Crippen LogP contribution in [0.5, 0.6) is 0 Å². The van der Waals surface area contributed by atoms with Crippen LogP contribution in [0.15, 0.2) is 6.07 Å². The number of carbonyl (C=O) groups excluding carboxylic acids is 1. The van der Waals surface area contributed by atoms with E-state index in [-0.39, 0.29) is 0 Å². The highest BCUT2D eigenvalue weighted by Gasteiger charge is 2.85. The van der Waals surface area contributed by atoms with Crippen LogP contribution in [-0.4, -0.2) is 57.7 Å². The van der Waals surface area contributed by atoms with Crippen molar-refractivity contribution >= 4 is 5.91 Å². The van der Waals surface area contributed by atoms with Gasteiger partial charge in [-0.3, -0.25) is 4.79 Å². The Kier molecular flexibility index (Phi) is 7.19. The second kappa shape index (κ2) is 8.20. The number of hydrogen-bond acceptors (Lipinski definition) is 2. The van der Waals surface area contributed by atoms with Crippen LogP contribution in [0, 0.1) is 0 Å². The summed E-state index contributed by atoms with van der Waals surface area (Å²) in [7, 11) is 0. The van der Waals surface area contributed by atoms with E-state index in [2.05, 4.69) is 0 Å². The summed E-state index contributed by atoms with van der Waals surface area (Å²) in [4.78, 5) is 11.4. The molecule has 0 spiro atoms. The van der Waals surface area contributed by atoms with Crippen molar-refractivity contribution in [2.24, 2.45) is 0 Å². The third-order valence-electron chi connectivity index (χ3n) is 4.07. The Balaban J connectivity index is 3.91. The first-order valence-corrected chi connectivity index (χ1v) is 7.87. The second-order valence-corrected chi connectivity index (χ2v) is 6.57. The number of hydrogen-bond donors (Lipinski definition) is 0. The van der Waals surface area contributed by atoms with E-state index < -0.39 is 82.1 Å². The van der Waals surface area contributed by atoms with Gasteiger partial charge in [-0.1, -0.05) is 0 Å². The smallest absolute Gasteiger partial charge is 0.265 e. The number of alkyl halides is 21.